The van der Waals surface area contributed by atoms with Crippen LogP contribution in [0.1, 0.15) is 258 Å². The molecule has 0 aliphatic carbocycles. The zero-order valence-corrected chi connectivity index (χ0v) is 40.3. The number of unbranched alkanes of at least 4 members (excludes halogenated alkanes) is 32. The van der Waals surface area contributed by atoms with Gasteiger partial charge in [0.05, 0.1) is 13.2 Å². The zero-order chi connectivity index (χ0) is 44.8. The Bertz CT molecular complexity index is 1060. The maximum atomic E-state index is 12.8. The first kappa shape index (κ1) is 59.2. The molecule has 0 saturated heterocycles. The van der Waals surface area contributed by atoms with Crippen molar-refractivity contribution in [3.8, 4) is 0 Å². The minimum atomic E-state index is -4.54. The Labute approximate surface area is 373 Å². The molecule has 0 bridgehead atoms. The van der Waals surface area contributed by atoms with E-state index in [1.807, 2.05) is 0 Å². The molecule has 0 fully saturated rings. The number of esters is 2. The topological polar surface area (TPSA) is 155 Å². The maximum Gasteiger partial charge on any atom is 0.472 e. The van der Waals surface area contributed by atoms with Gasteiger partial charge in [-0.1, -0.05) is 206 Å². The van der Waals surface area contributed by atoms with Crippen LogP contribution in [-0.4, -0.2) is 61.5 Å². The fourth-order valence-corrected chi connectivity index (χ4v) is 8.17. The third-order valence-corrected chi connectivity index (χ3v) is 12.3. The predicted octanol–water partition coefficient (Wildman–Crippen LogP) is 13.8. The van der Waals surface area contributed by atoms with Gasteiger partial charge in [-0.2, -0.15) is 0 Å². The molecule has 0 aliphatic heterocycles. The summed E-state index contributed by atoms with van der Waals surface area (Å²) in [6.07, 6.45) is 40.9. The molecule has 2 atom stereocenters. The lowest BCUT2D eigenvalue weighted by Crippen LogP contribution is -2.30. The van der Waals surface area contributed by atoms with Crippen LogP contribution in [0.2, 0.25) is 0 Å². The van der Waals surface area contributed by atoms with Gasteiger partial charge in [-0.15, -0.1) is 0 Å². The molecule has 61 heavy (non-hydrogen) atoms. The number of aldehydes is 1. The number of ether oxygens (including phenoxy) is 2. The number of carbonyl (C=O) groups excluding carboxylic acids is 4. The lowest BCUT2D eigenvalue weighted by atomic mass is 10.0. The first-order valence-electron chi connectivity index (χ1n) is 25.4. The molecular formula is C49H94NO10P. The average molecular weight is 888 g/mol. The molecule has 2 N–H and O–H groups in total. The van der Waals surface area contributed by atoms with Crippen LogP contribution in [0.5, 0.6) is 0 Å². The van der Waals surface area contributed by atoms with Crippen molar-refractivity contribution in [2.24, 2.45) is 0 Å². The normalized spacial score (nSPS) is 12.8. The molecule has 0 aromatic heterocycles. The van der Waals surface area contributed by atoms with Crippen molar-refractivity contribution in [1.29, 1.82) is 0 Å². The summed E-state index contributed by atoms with van der Waals surface area (Å²) in [5.41, 5.74) is 0. The van der Waals surface area contributed by atoms with Gasteiger partial charge in [-0.3, -0.25) is 23.4 Å². The fourth-order valence-electron chi connectivity index (χ4n) is 7.42. The van der Waals surface area contributed by atoms with Gasteiger partial charge in [-0.25, -0.2) is 4.57 Å². The van der Waals surface area contributed by atoms with Gasteiger partial charge in [0.1, 0.15) is 12.9 Å². The number of phosphoric ester groups is 1. The summed E-state index contributed by atoms with van der Waals surface area (Å²) in [4.78, 5) is 58.2. The van der Waals surface area contributed by atoms with E-state index >= 15 is 0 Å². The zero-order valence-electron chi connectivity index (χ0n) is 39.4. The van der Waals surface area contributed by atoms with Crippen LogP contribution in [0, 0.1) is 0 Å². The monoisotopic (exact) mass is 888 g/mol. The Balaban J connectivity index is 4.51. The van der Waals surface area contributed by atoms with Crippen molar-refractivity contribution < 1.29 is 47.2 Å². The Kier molecular flexibility index (Phi) is 44.8. The Morgan fingerprint density at radius 1 is 0.508 bits per heavy atom. The summed E-state index contributed by atoms with van der Waals surface area (Å²) in [6.45, 7) is 3.54. The highest BCUT2D eigenvalue weighted by Crippen LogP contribution is 2.43. The van der Waals surface area contributed by atoms with Crippen LogP contribution >= 0.6 is 7.82 Å². The average Bonchev–Trinajstić information content (AvgIpc) is 3.24. The van der Waals surface area contributed by atoms with E-state index in [0.29, 0.717) is 19.3 Å². The van der Waals surface area contributed by atoms with Crippen molar-refractivity contribution in [1.82, 2.24) is 5.32 Å². The van der Waals surface area contributed by atoms with E-state index in [4.69, 9.17) is 18.5 Å². The molecule has 0 aromatic rings. The van der Waals surface area contributed by atoms with Crippen LogP contribution in [0.3, 0.4) is 0 Å². The molecule has 12 heteroatoms. The van der Waals surface area contributed by atoms with Gasteiger partial charge < -0.3 is 24.5 Å². The van der Waals surface area contributed by atoms with Crippen molar-refractivity contribution in [3.05, 3.63) is 0 Å². The van der Waals surface area contributed by atoms with Crippen LogP contribution in [0.25, 0.3) is 0 Å². The Morgan fingerprint density at radius 3 is 1.31 bits per heavy atom. The summed E-state index contributed by atoms with van der Waals surface area (Å²) in [5.74, 6) is -1.02. The molecule has 360 valence electrons. The fraction of sp³-hybridized carbons (Fsp3) is 0.918. The summed E-state index contributed by atoms with van der Waals surface area (Å²) in [7, 11) is -4.54. The second kappa shape index (κ2) is 46.2. The predicted molar refractivity (Wildman–Crippen MR) is 248 cm³/mol. The molecule has 11 nitrogen and oxygen atoms in total. The Morgan fingerprint density at radius 2 is 0.885 bits per heavy atom. The second-order valence-corrected chi connectivity index (χ2v) is 18.7. The van der Waals surface area contributed by atoms with E-state index in [0.717, 1.165) is 96.2 Å². The third-order valence-electron chi connectivity index (χ3n) is 11.3. The summed E-state index contributed by atoms with van der Waals surface area (Å²) >= 11 is 0. The molecule has 0 rings (SSSR count). The van der Waals surface area contributed by atoms with E-state index in [1.54, 1.807) is 0 Å². The van der Waals surface area contributed by atoms with Crippen molar-refractivity contribution in [3.63, 3.8) is 0 Å². The van der Waals surface area contributed by atoms with Crippen LogP contribution < -0.4 is 5.32 Å². The van der Waals surface area contributed by atoms with Crippen molar-refractivity contribution in [2.75, 3.05) is 26.4 Å². The molecule has 1 amide bonds. The molecule has 0 radical (unpaired) electrons. The summed E-state index contributed by atoms with van der Waals surface area (Å²) < 4.78 is 33.9. The Hall–Kier alpha value is -1.81. The van der Waals surface area contributed by atoms with Crippen LogP contribution in [0.15, 0.2) is 0 Å². The van der Waals surface area contributed by atoms with Gasteiger partial charge in [0.2, 0.25) is 5.91 Å². The lowest BCUT2D eigenvalue weighted by Gasteiger charge is -2.20. The lowest BCUT2D eigenvalue weighted by molar-refractivity contribution is -0.161. The van der Waals surface area contributed by atoms with E-state index < -0.39 is 32.5 Å². The minimum Gasteiger partial charge on any atom is -0.462 e. The number of nitrogens with one attached hydrogen (secondary N) is 1. The summed E-state index contributed by atoms with van der Waals surface area (Å²) in [6, 6.07) is 0. The molecule has 0 saturated carbocycles. The second-order valence-electron chi connectivity index (χ2n) is 17.3. The van der Waals surface area contributed by atoms with E-state index in [2.05, 4.69) is 19.2 Å². The molecule has 0 aromatic carbocycles. The SMILES string of the molecule is CCCCCCCCCCCCCCCC(=O)OCC(COP(=O)(O)OCCNC(=O)CCCCCCCCCCC=O)OC(=O)CCCCCCCCCCCCCCC. The van der Waals surface area contributed by atoms with E-state index in [1.165, 1.54) is 122 Å². The maximum absolute atomic E-state index is 12.8. The standard InChI is InChI=1S/C49H94NO10P/c1-3-5-7-9-11-13-15-17-19-23-27-31-35-39-48(53)57-44-46(60-49(54)40-36-32-28-24-20-18-16-14-12-10-8-6-4-2)45-59-61(55,56)58-43-41-50-47(52)38-34-30-26-22-21-25-29-33-37-42-51/h42,46H,3-41,43-45H2,1-2H3,(H,50,52)(H,55,56). The number of rotatable bonds is 49. The highest BCUT2D eigenvalue weighted by Gasteiger charge is 2.26. The molecule has 0 aliphatic rings. The van der Waals surface area contributed by atoms with Gasteiger partial charge in [0.15, 0.2) is 6.10 Å². The van der Waals surface area contributed by atoms with Gasteiger partial charge in [-0.05, 0) is 25.7 Å². The molecule has 2 unspecified atom stereocenters. The highest BCUT2D eigenvalue weighted by atomic mass is 31.2. The van der Waals surface area contributed by atoms with Crippen LogP contribution in [0.4, 0.5) is 0 Å². The van der Waals surface area contributed by atoms with Crippen molar-refractivity contribution in [2.45, 2.75) is 264 Å². The van der Waals surface area contributed by atoms with Crippen molar-refractivity contribution >= 4 is 32.0 Å². The van der Waals surface area contributed by atoms with E-state index in [9.17, 15) is 28.6 Å². The largest absolute Gasteiger partial charge is 0.472 e. The van der Waals surface area contributed by atoms with Gasteiger partial charge in [0, 0.05) is 32.2 Å². The number of hydrogen-bond acceptors (Lipinski definition) is 9. The minimum absolute atomic E-state index is 0.0435. The number of amides is 1. The number of hydrogen-bond donors (Lipinski definition) is 2. The first-order valence-corrected chi connectivity index (χ1v) is 26.9. The number of carbonyl (C=O) groups is 4. The molecular weight excluding hydrogens is 794 g/mol. The smallest absolute Gasteiger partial charge is 0.462 e. The van der Waals surface area contributed by atoms with Gasteiger partial charge >= 0.3 is 19.8 Å². The third kappa shape index (κ3) is 46.0. The van der Waals surface area contributed by atoms with Crippen LogP contribution in [-0.2, 0) is 42.3 Å². The molecule has 0 heterocycles. The summed E-state index contributed by atoms with van der Waals surface area (Å²) in [5, 5.41) is 2.70. The quantitative estimate of drug-likeness (QED) is 0.0261. The highest BCUT2D eigenvalue weighted by molar-refractivity contribution is 7.47. The van der Waals surface area contributed by atoms with E-state index in [-0.39, 0.29) is 38.5 Å². The number of phosphoric acid groups is 1. The first-order chi connectivity index (χ1) is 29.7. The van der Waals surface area contributed by atoms with Gasteiger partial charge in [0.25, 0.3) is 0 Å². The molecule has 0 spiro atoms.